The van der Waals surface area contributed by atoms with E-state index in [0.717, 1.165) is 18.6 Å². The van der Waals surface area contributed by atoms with Crippen LogP contribution in [0.25, 0.3) is 0 Å². The van der Waals surface area contributed by atoms with Crippen LogP contribution in [0, 0.1) is 0 Å². The summed E-state index contributed by atoms with van der Waals surface area (Å²) in [6.45, 7) is 8.50. The standard InChI is InChI=1S/C7H14O3S.C5H10O/c1-5-10-11(4,9,6-2)7(3)8;1-2-4-6-5-3-1/h6,9H,2,4-5H2,1,3H3;1-5H2. The molecule has 0 aromatic heterocycles. The van der Waals surface area contributed by atoms with Crippen molar-refractivity contribution in [3.05, 3.63) is 12.0 Å². The minimum atomic E-state index is -3.64. The molecule has 0 spiro atoms. The number of carbonyl (C=O) groups excluding carboxylic acids is 1. The first kappa shape index (κ1) is 16.5. The zero-order valence-electron chi connectivity index (χ0n) is 10.8. The summed E-state index contributed by atoms with van der Waals surface area (Å²) in [5, 5.41) is 0.627. The lowest BCUT2D eigenvalue weighted by molar-refractivity contribution is -0.110. The predicted octanol–water partition coefficient (Wildman–Crippen LogP) is 3.06. The number of carbonyl (C=O) groups is 1. The average molecular weight is 264 g/mol. The van der Waals surface area contributed by atoms with Gasteiger partial charge < -0.3 is 9.29 Å². The molecule has 0 bridgehead atoms. The van der Waals surface area contributed by atoms with Crippen molar-refractivity contribution in [1.29, 1.82) is 0 Å². The van der Waals surface area contributed by atoms with E-state index in [4.69, 9.17) is 8.92 Å². The van der Waals surface area contributed by atoms with E-state index >= 15 is 0 Å². The highest BCUT2D eigenvalue weighted by Crippen LogP contribution is 2.55. The molecule has 0 radical (unpaired) electrons. The van der Waals surface area contributed by atoms with Crippen LogP contribution >= 0.6 is 9.31 Å². The first-order chi connectivity index (χ1) is 7.85. The van der Waals surface area contributed by atoms with Gasteiger partial charge in [0.05, 0.1) is 6.61 Å². The van der Waals surface area contributed by atoms with Crippen molar-refractivity contribution in [1.82, 2.24) is 0 Å². The molecule has 0 unspecified atom stereocenters. The second-order valence-electron chi connectivity index (χ2n) is 3.86. The second kappa shape index (κ2) is 7.06. The van der Waals surface area contributed by atoms with Gasteiger partial charge in [-0.2, -0.15) is 9.31 Å². The fourth-order valence-corrected chi connectivity index (χ4v) is 2.22. The molecular formula is C12H24O4S. The van der Waals surface area contributed by atoms with Crippen molar-refractivity contribution in [2.45, 2.75) is 33.1 Å². The van der Waals surface area contributed by atoms with Crippen LogP contribution in [0.2, 0.25) is 0 Å². The molecule has 1 heterocycles. The monoisotopic (exact) mass is 264 g/mol. The zero-order valence-corrected chi connectivity index (χ0v) is 11.6. The topological polar surface area (TPSA) is 55.8 Å². The molecule has 0 atom stereocenters. The summed E-state index contributed by atoms with van der Waals surface area (Å²) < 4.78 is 19.7. The van der Waals surface area contributed by atoms with Gasteiger partial charge in [0.2, 0.25) is 5.12 Å². The molecule has 1 aliphatic rings. The van der Waals surface area contributed by atoms with Gasteiger partial charge in [-0.1, -0.05) is 6.58 Å². The normalized spacial score (nSPS) is 18.2. The van der Waals surface area contributed by atoms with Crippen molar-refractivity contribution in [3.8, 4) is 0 Å². The van der Waals surface area contributed by atoms with Gasteiger partial charge in [0.15, 0.2) is 0 Å². The van der Waals surface area contributed by atoms with E-state index in [-0.39, 0.29) is 6.61 Å². The van der Waals surface area contributed by atoms with Crippen LogP contribution < -0.4 is 0 Å². The van der Waals surface area contributed by atoms with Crippen molar-refractivity contribution in [2.75, 3.05) is 19.8 Å². The Hall–Kier alpha value is -0.490. The number of hydrogen-bond donors (Lipinski definition) is 1. The molecule has 5 heteroatoms. The van der Waals surface area contributed by atoms with Gasteiger partial charge in [0, 0.05) is 25.5 Å². The maximum atomic E-state index is 10.9. The molecule has 1 fully saturated rings. The summed E-state index contributed by atoms with van der Waals surface area (Å²) >= 11 is 0. The summed E-state index contributed by atoms with van der Waals surface area (Å²) in [6.07, 6.45) is 3.93. The van der Waals surface area contributed by atoms with Gasteiger partial charge in [-0.25, -0.2) is 0 Å². The Kier molecular flexibility index (Phi) is 6.85. The molecule has 1 saturated heterocycles. The molecule has 17 heavy (non-hydrogen) atoms. The SMILES string of the molecule is C1CCOCC1.C=CS(=C)(O)(OCC)C(C)=O. The van der Waals surface area contributed by atoms with Crippen molar-refractivity contribution < 1.29 is 18.3 Å². The highest BCUT2D eigenvalue weighted by Gasteiger charge is 2.22. The lowest BCUT2D eigenvalue weighted by atomic mass is 10.2. The molecule has 102 valence electrons. The van der Waals surface area contributed by atoms with Crippen molar-refractivity contribution in [3.63, 3.8) is 0 Å². The fraction of sp³-hybridized carbons (Fsp3) is 0.667. The summed E-state index contributed by atoms with van der Waals surface area (Å²) in [5.74, 6) is 3.38. The van der Waals surface area contributed by atoms with Gasteiger partial charge >= 0.3 is 0 Å². The van der Waals surface area contributed by atoms with E-state index in [9.17, 15) is 9.35 Å². The van der Waals surface area contributed by atoms with E-state index in [1.165, 1.54) is 26.2 Å². The first-order valence-electron chi connectivity index (χ1n) is 5.76. The Morgan fingerprint density at radius 2 is 2.00 bits per heavy atom. The molecule has 1 rings (SSSR count). The third-order valence-corrected chi connectivity index (χ3v) is 5.10. The summed E-state index contributed by atoms with van der Waals surface area (Å²) in [7, 11) is -3.64. The molecule has 0 aromatic carbocycles. The lowest BCUT2D eigenvalue weighted by Gasteiger charge is -2.41. The van der Waals surface area contributed by atoms with Gasteiger partial charge in [0.1, 0.15) is 0 Å². The van der Waals surface area contributed by atoms with Gasteiger partial charge in [-0.05, 0) is 32.1 Å². The molecule has 1 aliphatic heterocycles. The van der Waals surface area contributed by atoms with E-state index in [1.807, 2.05) is 0 Å². The predicted molar refractivity (Wildman–Crippen MR) is 74.5 cm³/mol. The van der Waals surface area contributed by atoms with Crippen LogP contribution in [0.3, 0.4) is 0 Å². The molecule has 0 aliphatic carbocycles. The Morgan fingerprint density at radius 3 is 2.12 bits per heavy atom. The maximum absolute atomic E-state index is 10.9. The van der Waals surface area contributed by atoms with Crippen LogP contribution in [-0.2, 0) is 13.7 Å². The molecular weight excluding hydrogens is 240 g/mol. The lowest BCUT2D eigenvalue weighted by Crippen LogP contribution is -2.16. The third kappa shape index (κ3) is 5.59. The average Bonchev–Trinajstić information content (AvgIpc) is 2.32. The summed E-state index contributed by atoms with van der Waals surface area (Å²) in [5.41, 5.74) is 0. The van der Waals surface area contributed by atoms with Crippen LogP contribution in [0.15, 0.2) is 12.0 Å². The Bertz CT molecular complexity index is 309. The Balaban J connectivity index is 0.000000354. The summed E-state index contributed by atoms with van der Waals surface area (Å²) in [4.78, 5) is 10.9. The maximum Gasteiger partial charge on any atom is 0.227 e. The second-order valence-corrected chi connectivity index (χ2v) is 7.26. The number of rotatable bonds is 3. The fourth-order valence-electron chi connectivity index (χ4n) is 1.20. The molecule has 0 saturated carbocycles. The zero-order chi connectivity index (χ0) is 13.4. The van der Waals surface area contributed by atoms with Crippen LogP contribution in [0.1, 0.15) is 33.1 Å². The highest BCUT2D eigenvalue weighted by molar-refractivity contribution is 8.51. The van der Waals surface area contributed by atoms with Crippen molar-refractivity contribution in [2.24, 2.45) is 0 Å². The minimum absolute atomic E-state index is 0.244. The largest absolute Gasteiger partial charge is 0.381 e. The van der Waals surface area contributed by atoms with E-state index < -0.39 is 14.4 Å². The smallest absolute Gasteiger partial charge is 0.227 e. The third-order valence-electron chi connectivity index (χ3n) is 2.42. The van der Waals surface area contributed by atoms with E-state index in [2.05, 4.69) is 12.4 Å². The molecule has 1 N–H and O–H groups in total. The van der Waals surface area contributed by atoms with Crippen LogP contribution in [0.5, 0.6) is 0 Å². The molecule has 0 aromatic rings. The van der Waals surface area contributed by atoms with Crippen LogP contribution in [-0.4, -0.2) is 35.4 Å². The van der Waals surface area contributed by atoms with Gasteiger partial charge in [-0.15, -0.1) is 0 Å². The van der Waals surface area contributed by atoms with Crippen LogP contribution in [0.4, 0.5) is 0 Å². The first-order valence-corrected chi connectivity index (χ1v) is 7.92. The summed E-state index contributed by atoms with van der Waals surface area (Å²) in [6, 6.07) is 0. The van der Waals surface area contributed by atoms with Crippen molar-refractivity contribution >= 4 is 20.3 Å². The number of ether oxygens (including phenoxy) is 1. The van der Waals surface area contributed by atoms with E-state index in [0.29, 0.717) is 0 Å². The molecule has 0 amide bonds. The van der Waals surface area contributed by atoms with E-state index in [1.54, 1.807) is 6.92 Å². The van der Waals surface area contributed by atoms with Gasteiger partial charge in [-0.3, -0.25) is 8.98 Å². The number of hydrogen-bond acceptors (Lipinski definition) is 4. The highest BCUT2D eigenvalue weighted by atomic mass is 32.3. The Labute approximate surface area is 104 Å². The van der Waals surface area contributed by atoms with Gasteiger partial charge in [0.25, 0.3) is 0 Å². The minimum Gasteiger partial charge on any atom is -0.381 e. The molecule has 4 nitrogen and oxygen atoms in total. The Morgan fingerprint density at radius 1 is 1.47 bits per heavy atom. The quantitative estimate of drug-likeness (QED) is 0.796.